The maximum Gasteiger partial charge on any atom is 0.293 e. The average Bonchev–Trinajstić information content (AvgIpc) is 2.78. The smallest absolute Gasteiger partial charge is 0.293 e. The summed E-state index contributed by atoms with van der Waals surface area (Å²) in [5, 5.41) is 0. The summed E-state index contributed by atoms with van der Waals surface area (Å²) in [6.45, 7) is 3.60. The van der Waals surface area contributed by atoms with Crippen molar-refractivity contribution >= 4 is 16.9 Å². The van der Waals surface area contributed by atoms with Gasteiger partial charge in [0.25, 0.3) is 5.56 Å². The van der Waals surface area contributed by atoms with Crippen molar-refractivity contribution in [2.24, 2.45) is 7.05 Å². The topological polar surface area (TPSA) is 56.0 Å². The highest BCUT2D eigenvalue weighted by atomic mass is 16.1. The van der Waals surface area contributed by atoms with Gasteiger partial charge in [0, 0.05) is 32.5 Å². The number of hydrogen-bond acceptors (Lipinski definition) is 4. The first-order valence-corrected chi connectivity index (χ1v) is 7.35. The number of para-hydroxylation sites is 2. The van der Waals surface area contributed by atoms with Crippen LogP contribution in [0.2, 0.25) is 0 Å². The van der Waals surface area contributed by atoms with Gasteiger partial charge in [-0.25, -0.2) is 9.97 Å². The van der Waals surface area contributed by atoms with Crippen molar-refractivity contribution in [3.63, 3.8) is 0 Å². The third-order valence-electron chi connectivity index (χ3n) is 4.30. The van der Waals surface area contributed by atoms with Crippen LogP contribution in [0.4, 0.5) is 5.82 Å². The number of rotatable bonds is 2. The Morgan fingerprint density at radius 3 is 2.82 bits per heavy atom. The molecule has 112 valence electrons. The molecule has 0 bridgehead atoms. The lowest BCUT2D eigenvalue weighted by Crippen LogP contribution is -2.50. The van der Waals surface area contributed by atoms with Gasteiger partial charge in [-0.2, -0.15) is 0 Å². The zero-order chi connectivity index (χ0) is 15.3. The molecular weight excluding hydrogens is 278 g/mol. The lowest BCUT2D eigenvalue weighted by molar-refractivity contribution is 0.397. The van der Waals surface area contributed by atoms with Crippen LogP contribution in [0.15, 0.2) is 41.5 Å². The molecule has 6 nitrogen and oxygen atoms in total. The monoisotopic (exact) mass is 295 g/mol. The summed E-state index contributed by atoms with van der Waals surface area (Å²) < 4.78 is 3.83. The van der Waals surface area contributed by atoms with Crippen molar-refractivity contribution in [2.45, 2.75) is 13.0 Å². The molecule has 6 heteroatoms. The van der Waals surface area contributed by atoms with Crippen LogP contribution in [-0.4, -0.2) is 32.2 Å². The van der Waals surface area contributed by atoms with Gasteiger partial charge < -0.3 is 14.0 Å². The highest BCUT2D eigenvalue weighted by molar-refractivity contribution is 5.76. The Bertz CT molecular complexity index is 904. The molecule has 1 saturated heterocycles. The number of aryl methyl sites for hydroxylation is 2. The average molecular weight is 295 g/mol. The van der Waals surface area contributed by atoms with Gasteiger partial charge in [0.05, 0.1) is 17.1 Å². The molecule has 1 fully saturated rings. The quantitative estimate of drug-likeness (QED) is 0.719. The lowest BCUT2D eigenvalue weighted by Gasteiger charge is -2.41. The molecule has 2 aromatic heterocycles. The van der Waals surface area contributed by atoms with E-state index >= 15 is 0 Å². The second kappa shape index (κ2) is 4.69. The molecule has 1 aliphatic heterocycles. The number of aromatic nitrogens is 4. The van der Waals surface area contributed by atoms with E-state index in [1.807, 2.05) is 30.0 Å². The zero-order valence-corrected chi connectivity index (χ0v) is 12.6. The van der Waals surface area contributed by atoms with E-state index < -0.39 is 0 Å². The van der Waals surface area contributed by atoms with Gasteiger partial charge in [0.2, 0.25) is 0 Å². The second-order valence-electron chi connectivity index (χ2n) is 5.74. The van der Waals surface area contributed by atoms with Gasteiger partial charge in [0.15, 0.2) is 5.82 Å². The van der Waals surface area contributed by atoms with Crippen LogP contribution in [-0.2, 0) is 7.05 Å². The summed E-state index contributed by atoms with van der Waals surface area (Å²) in [6.07, 6.45) is 3.35. The van der Waals surface area contributed by atoms with Gasteiger partial charge in [0.1, 0.15) is 5.82 Å². The Labute approximate surface area is 127 Å². The van der Waals surface area contributed by atoms with Crippen molar-refractivity contribution < 1.29 is 0 Å². The van der Waals surface area contributed by atoms with Gasteiger partial charge in [-0.15, -0.1) is 0 Å². The molecule has 3 aromatic rings. The molecule has 22 heavy (non-hydrogen) atoms. The van der Waals surface area contributed by atoms with Crippen molar-refractivity contribution in [1.29, 1.82) is 0 Å². The van der Waals surface area contributed by atoms with Crippen molar-refractivity contribution in [1.82, 2.24) is 19.1 Å². The van der Waals surface area contributed by atoms with E-state index in [0.717, 1.165) is 29.9 Å². The van der Waals surface area contributed by atoms with E-state index in [0.29, 0.717) is 11.9 Å². The zero-order valence-electron chi connectivity index (χ0n) is 12.6. The molecule has 0 spiro atoms. The lowest BCUT2D eigenvalue weighted by atomic mass is 10.1. The van der Waals surface area contributed by atoms with Crippen molar-refractivity contribution in [3.05, 3.63) is 52.8 Å². The maximum atomic E-state index is 12.1. The first-order valence-electron chi connectivity index (χ1n) is 7.35. The fourth-order valence-electron chi connectivity index (χ4n) is 3.12. The largest absolute Gasteiger partial charge is 0.348 e. The molecule has 1 aromatic carbocycles. The van der Waals surface area contributed by atoms with Crippen LogP contribution in [0.1, 0.15) is 11.9 Å². The second-order valence-corrected chi connectivity index (χ2v) is 5.74. The molecule has 1 aliphatic rings. The predicted molar refractivity (Wildman–Crippen MR) is 85.2 cm³/mol. The summed E-state index contributed by atoms with van der Waals surface area (Å²) in [4.78, 5) is 23.0. The molecule has 0 aliphatic carbocycles. The maximum absolute atomic E-state index is 12.1. The van der Waals surface area contributed by atoms with Crippen LogP contribution in [0, 0.1) is 6.92 Å². The standard InChI is InChI=1S/C16H17N5O/c1-11-18-13-5-3-4-6-14(13)21(11)12-9-20(10-12)15-16(22)19(2)8-7-17-15/h3-8,12H,9-10H2,1-2H3. The Morgan fingerprint density at radius 1 is 1.23 bits per heavy atom. The molecule has 0 N–H and O–H groups in total. The van der Waals surface area contributed by atoms with Crippen LogP contribution in [0.5, 0.6) is 0 Å². The molecule has 4 rings (SSSR count). The van der Waals surface area contributed by atoms with Gasteiger partial charge in [-0.3, -0.25) is 4.79 Å². The number of anilines is 1. The third kappa shape index (κ3) is 1.83. The summed E-state index contributed by atoms with van der Waals surface area (Å²) in [5.74, 6) is 1.54. The van der Waals surface area contributed by atoms with E-state index in [1.165, 1.54) is 0 Å². The molecule has 0 amide bonds. The van der Waals surface area contributed by atoms with Crippen LogP contribution in [0.25, 0.3) is 11.0 Å². The van der Waals surface area contributed by atoms with Gasteiger partial charge in [-0.05, 0) is 19.1 Å². The summed E-state index contributed by atoms with van der Waals surface area (Å²) in [5.41, 5.74) is 2.12. The van der Waals surface area contributed by atoms with E-state index in [1.54, 1.807) is 24.0 Å². The predicted octanol–water partition coefficient (Wildman–Crippen LogP) is 1.50. The first-order chi connectivity index (χ1) is 10.6. The number of imidazole rings is 1. The van der Waals surface area contributed by atoms with E-state index in [-0.39, 0.29) is 5.56 Å². The van der Waals surface area contributed by atoms with E-state index in [9.17, 15) is 4.79 Å². The number of fused-ring (bicyclic) bond motifs is 1. The minimum absolute atomic E-state index is 0.0480. The summed E-state index contributed by atoms with van der Waals surface area (Å²) in [7, 11) is 1.75. The van der Waals surface area contributed by atoms with E-state index in [4.69, 9.17) is 0 Å². The fraction of sp³-hybridized carbons (Fsp3) is 0.312. The Hall–Kier alpha value is -2.63. The van der Waals surface area contributed by atoms with Crippen LogP contribution >= 0.6 is 0 Å². The summed E-state index contributed by atoms with van der Waals surface area (Å²) >= 11 is 0. The van der Waals surface area contributed by atoms with Gasteiger partial charge in [-0.1, -0.05) is 12.1 Å². The minimum Gasteiger partial charge on any atom is -0.348 e. The molecule has 0 saturated carbocycles. The number of benzene rings is 1. The molecule has 0 radical (unpaired) electrons. The fourth-order valence-corrected chi connectivity index (χ4v) is 3.12. The Morgan fingerprint density at radius 2 is 2.00 bits per heavy atom. The van der Waals surface area contributed by atoms with Crippen LogP contribution in [0.3, 0.4) is 0 Å². The normalized spacial score (nSPS) is 15.3. The number of hydrogen-bond donors (Lipinski definition) is 0. The SMILES string of the molecule is Cc1nc2ccccc2n1C1CN(c2nccn(C)c2=O)C1. The van der Waals surface area contributed by atoms with Crippen molar-refractivity contribution in [3.8, 4) is 0 Å². The molecule has 3 heterocycles. The number of nitrogens with zero attached hydrogens (tertiary/aromatic N) is 5. The highest BCUT2D eigenvalue weighted by Crippen LogP contribution is 2.29. The highest BCUT2D eigenvalue weighted by Gasteiger charge is 2.32. The molecule has 0 atom stereocenters. The molecule has 0 unspecified atom stereocenters. The molecular formula is C16H17N5O. The minimum atomic E-state index is -0.0480. The van der Waals surface area contributed by atoms with Crippen molar-refractivity contribution in [2.75, 3.05) is 18.0 Å². The van der Waals surface area contributed by atoms with Crippen LogP contribution < -0.4 is 10.5 Å². The summed E-state index contributed by atoms with van der Waals surface area (Å²) in [6, 6.07) is 8.50. The van der Waals surface area contributed by atoms with E-state index in [2.05, 4.69) is 20.6 Å². The Kier molecular flexibility index (Phi) is 2.79. The first kappa shape index (κ1) is 13.1. The Balaban J connectivity index is 1.64. The van der Waals surface area contributed by atoms with Gasteiger partial charge >= 0.3 is 0 Å². The third-order valence-corrected chi connectivity index (χ3v) is 4.30.